The van der Waals surface area contributed by atoms with Gasteiger partial charge in [-0.25, -0.2) is 15.0 Å². The quantitative estimate of drug-likeness (QED) is 0.545. The van der Waals surface area contributed by atoms with Crippen molar-refractivity contribution in [3.63, 3.8) is 0 Å². The van der Waals surface area contributed by atoms with Crippen molar-refractivity contribution in [3.8, 4) is 5.88 Å². The number of fused-ring (bicyclic) bond motifs is 1. The number of hydrazine groups is 1. The molecule has 1 aliphatic carbocycles. The Hall–Kier alpha value is -2.96. The maximum Gasteiger partial charge on any atom is 0.433 e. The molecule has 2 atom stereocenters. The van der Waals surface area contributed by atoms with Crippen molar-refractivity contribution >= 4 is 12.2 Å². The number of alkyl halides is 3. The van der Waals surface area contributed by atoms with Crippen LogP contribution in [0.15, 0.2) is 46.2 Å². The second kappa shape index (κ2) is 10.5. The summed E-state index contributed by atoms with van der Waals surface area (Å²) in [5.41, 5.74) is 0.689. The molecule has 5 aliphatic rings. The first-order valence-electron chi connectivity index (χ1n) is 13.6. The maximum absolute atomic E-state index is 13.3. The summed E-state index contributed by atoms with van der Waals surface area (Å²) in [5, 5.41) is 17.0. The van der Waals surface area contributed by atoms with Gasteiger partial charge >= 0.3 is 6.18 Å². The van der Waals surface area contributed by atoms with Crippen molar-refractivity contribution in [2.24, 2.45) is 15.9 Å². The minimum Gasteiger partial charge on any atom is -0.474 e. The number of aliphatic hydroxyl groups excluding tert-OH is 1. The number of likely N-dealkylation sites (tertiary alicyclic amines) is 1. The van der Waals surface area contributed by atoms with Crippen LogP contribution >= 0.6 is 0 Å². The lowest BCUT2D eigenvalue weighted by Crippen LogP contribution is -2.57. The normalized spacial score (nSPS) is 29.6. The molecular formula is C27H34F3N7O2. The average Bonchev–Trinajstić information content (AvgIpc) is 3.50. The number of ether oxygens (including phenoxy) is 1. The summed E-state index contributed by atoms with van der Waals surface area (Å²) in [6.45, 7) is 2.32. The number of aromatic nitrogens is 1. The zero-order chi connectivity index (χ0) is 27.1. The Morgan fingerprint density at radius 2 is 1.95 bits per heavy atom. The highest BCUT2D eigenvalue weighted by Gasteiger charge is 2.42. The SMILES string of the molecule is CN1CC(C2N=CN=C3NC=CC32)=CN1C1CC(N2CCC(Oc3cc(CCO)cc(C(F)(F)F)n3)CC2)C1. The van der Waals surface area contributed by atoms with Gasteiger partial charge in [-0.2, -0.15) is 13.2 Å². The van der Waals surface area contributed by atoms with Crippen molar-refractivity contribution in [2.45, 2.75) is 62.5 Å². The zero-order valence-electron chi connectivity index (χ0n) is 21.9. The summed E-state index contributed by atoms with van der Waals surface area (Å²) in [6.07, 6.45) is 7.04. The molecule has 2 fully saturated rings. The molecule has 0 bridgehead atoms. The fraction of sp³-hybridized carbons (Fsp3) is 0.593. The molecule has 1 aromatic rings. The second-order valence-corrected chi connectivity index (χ2v) is 11.0. The number of nitrogens with one attached hydrogen (secondary N) is 1. The Bertz CT molecular complexity index is 1190. The van der Waals surface area contributed by atoms with E-state index in [0.29, 0.717) is 17.6 Å². The van der Waals surface area contributed by atoms with E-state index in [2.05, 4.69) is 54.5 Å². The summed E-state index contributed by atoms with van der Waals surface area (Å²) in [4.78, 5) is 15.2. The molecule has 0 amide bonds. The Labute approximate surface area is 225 Å². The lowest BCUT2D eigenvalue weighted by atomic mass is 9.84. The molecule has 12 heteroatoms. The van der Waals surface area contributed by atoms with Crippen molar-refractivity contribution in [2.75, 3.05) is 33.3 Å². The summed E-state index contributed by atoms with van der Waals surface area (Å²) in [5.74, 6) is 1.13. The van der Waals surface area contributed by atoms with E-state index in [4.69, 9.17) is 4.74 Å². The first-order chi connectivity index (χ1) is 18.8. The summed E-state index contributed by atoms with van der Waals surface area (Å²) in [6, 6.07) is 3.51. The monoisotopic (exact) mass is 545 g/mol. The number of piperidine rings is 1. The molecule has 1 saturated carbocycles. The molecule has 2 unspecified atom stereocenters. The minimum absolute atomic E-state index is 0.0142. The van der Waals surface area contributed by atoms with Crippen LogP contribution in [0.4, 0.5) is 13.2 Å². The molecule has 1 saturated heterocycles. The number of likely N-dealkylation sites (N-methyl/N-ethyl adjacent to an activating group) is 1. The Kier molecular flexibility index (Phi) is 7.11. The van der Waals surface area contributed by atoms with Gasteiger partial charge in [0.25, 0.3) is 0 Å². The van der Waals surface area contributed by atoms with Gasteiger partial charge in [0, 0.05) is 57.6 Å². The van der Waals surface area contributed by atoms with Crippen LogP contribution in [0.2, 0.25) is 0 Å². The van der Waals surface area contributed by atoms with E-state index in [0.717, 1.165) is 57.2 Å². The van der Waals surface area contributed by atoms with Crippen LogP contribution in [0.1, 0.15) is 36.9 Å². The van der Waals surface area contributed by atoms with Crippen molar-refractivity contribution < 1.29 is 23.0 Å². The molecule has 6 rings (SSSR count). The van der Waals surface area contributed by atoms with Crippen molar-refractivity contribution in [3.05, 3.63) is 47.4 Å². The molecular weight excluding hydrogens is 511 g/mol. The molecule has 0 spiro atoms. The minimum atomic E-state index is -4.56. The highest BCUT2D eigenvalue weighted by molar-refractivity contribution is 5.96. The largest absolute Gasteiger partial charge is 0.474 e. The first-order valence-corrected chi connectivity index (χ1v) is 13.6. The molecule has 39 heavy (non-hydrogen) atoms. The second-order valence-electron chi connectivity index (χ2n) is 11.0. The van der Waals surface area contributed by atoms with Gasteiger partial charge in [0.2, 0.25) is 5.88 Å². The van der Waals surface area contributed by atoms with Crippen LogP contribution < -0.4 is 10.1 Å². The fourth-order valence-corrected chi connectivity index (χ4v) is 6.24. The van der Waals surface area contributed by atoms with Crippen LogP contribution in [-0.4, -0.2) is 94.7 Å². The van der Waals surface area contributed by atoms with Crippen molar-refractivity contribution in [1.82, 2.24) is 25.2 Å². The number of aliphatic hydroxyl groups is 1. The lowest BCUT2D eigenvalue weighted by Gasteiger charge is -2.49. The number of amidine groups is 1. The van der Waals surface area contributed by atoms with Gasteiger partial charge in [-0.1, -0.05) is 6.08 Å². The molecule has 2 N–H and O–H groups in total. The average molecular weight is 546 g/mol. The smallest absolute Gasteiger partial charge is 0.433 e. The van der Waals surface area contributed by atoms with Gasteiger partial charge in [0.1, 0.15) is 24.0 Å². The molecule has 0 aromatic carbocycles. The third-order valence-corrected chi connectivity index (χ3v) is 8.39. The van der Waals surface area contributed by atoms with E-state index in [1.54, 1.807) is 6.34 Å². The standard InChI is InChI=1S/C27H34F3N7O2/c1-35-14-18(25-22-2-6-31-26(22)33-16-32-25)15-37(35)20-12-19(13-20)36-7-3-21(4-8-36)39-24-11-17(5-9-38)10-23(34-24)27(28,29)30/h2,6,10-11,15-16,19-22,25,38H,3-5,7-9,12-14H2,1H3,(H,31,32,33). The fourth-order valence-electron chi connectivity index (χ4n) is 6.24. The Morgan fingerprint density at radius 1 is 1.15 bits per heavy atom. The maximum atomic E-state index is 13.3. The van der Waals surface area contributed by atoms with E-state index in [9.17, 15) is 18.3 Å². The van der Waals surface area contributed by atoms with Gasteiger partial charge in [-0.15, -0.1) is 0 Å². The first kappa shape index (κ1) is 26.3. The van der Waals surface area contributed by atoms with Crippen LogP contribution in [0.5, 0.6) is 5.88 Å². The van der Waals surface area contributed by atoms with Gasteiger partial charge in [0.05, 0.1) is 12.0 Å². The van der Waals surface area contributed by atoms with Crippen LogP contribution in [0.3, 0.4) is 0 Å². The summed E-state index contributed by atoms with van der Waals surface area (Å²) in [7, 11) is 2.12. The van der Waals surface area contributed by atoms with E-state index in [1.807, 2.05) is 6.20 Å². The molecule has 210 valence electrons. The van der Waals surface area contributed by atoms with Crippen LogP contribution in [0, 0.1) is 5.92 Å². The number of rotatable bonds is 7. The Balaban J connectivity index is 1.00. The number of halogens is 3. The number of aliphatic imine (C=N–C) groups is 2. The van der Waals surface area contributed by atoms with E-state index in [1.165, 1.54) is 11.6 Å². The third-order valence-electron chi connectivity index (χ3n) is 8.39. The molecule has 5 heterocycles. The van der Waals surface area contributed by atoms with Gasteiger partial charge in [-0.05, 0) is 55.5 Å². The predicted octanol–water partition coefficient (Wildman–Crippen LogP) is 2.60. The summed E-state index contributed by atoms with van der Waals surface area (Å²) < 4.78 is 45.7. The summed E-state index contributed by atoms with van der Waals surface area (Å²) >= 11 is 0. The van der Waals surface area contributed by atoms with Gasteiger partial charge in [-0.3, -0.25) is 9.89 Å². The number of hydrogen-bond donors (Lipinski definition) is 2. The van der Waals surface area contributed by atoms with Crippen molar-refractivity contribution in [1.29, 1.82) is 0 Å². The van der Waals surface area contributed by atoms with E-state index < -0.39 is 11.9 Å². The molecule has 9 nitrogen and oxygen atoms in total. The van der Waals surface area contributed by atoms with Crippen LogP contribution in [-0.2, 0) is 12.6 Å². The lowest BCUT2D eigenvalue weighted by molar-refractivity contribution is -0.141. The molecule has 0 radical (unpaired) electrons. The molecule has 4 aliphatic heterocycles. The van der Waals surface area contributed by atoms with Gasteiger partial charge in [0.15, 0.2) is 0 Å². The molecule has 1 aromatic heterocycles. The van der Waals surface area contributed by atoms with Crippen LogP contribution in [0.25, 0.3) is 0 Å². The Morgan fingerprint density at radius 3 is 2.69 bits per heavy atom. The third kappa shape index (κ3) is 5.42. The predicted molar refractivity (Wildman–Crippen MR) is 140 cm³/mol. The van der Waals surface area contributed by atoms with E-state index >= 15 is 0 Å². The highest BCUT2D eigenvalue weighted by Crippen LogP contribution is 2.37. The number of nitrogens with zero attached hydrogens (tertiary/aromatic N) is 6. The highest BCUT2D eigenvalue weighted by atomic mass is 19.4. The zero-order valence-corrected chi connectivity index (χ0v) is 21.9. The number of pyridine rings is 1. The number of hydrogen-bond acceptors (Lipinski definition) is 9. The topological polar surface area (TPSA) is 88.8 Å². The van der Waals surface area contributed by atoms with E-state index in [-0.39, 0.29) is 37.0 Å². The van der Waals surface area contributed by atoms with Gasteiger partial charge < -0.3 is 20.2 Å².